The first-order chi connectivity index (χ1) is 10.1. The molecular formula is C17H20ClNO2. The molecule has 0 fully saturated rings. The number of hydrogen-bond donors (Lipinski definition) is 1. The molecule has 2 rings (SSSR count). The third-order valence-corrected chi connectivity index (χ3v) is 3.77. The summed E-state index contributed by atoms with van der Waals surface area (Å²) >= 11 is 6.02. The van der Waals surface area contributed by atoms with Gasteiger partial charge in [-0.1, -0.05) is 17.7 Å². The molecule has 112 valence electrons. The van der Waals surface area contributed by atoms with Crippen LogP contribution in [0.2, 0.25) is 5.02 Å². The molecule has 0 aliphatic heterocycles. The van der Waals surface area contributed by atoms with Gasteiger partial charge in [-0.15, -0.1) is 0 Å². The molecule has 0 bridgehead atoms. The maximum absolute atomic E-state index is 6.02. The Morgan fingerprint density at radius 2 is 1.81 bits per heavy atom. The van der Waals surface area contributed by atoms with Crippen molar-refractivity contribution < 1.29 is 9.47 Å². The summed E-state index contributed by atoms with van der Waals surface area (Å²) in [6, 6.07) is 11.6. The zero-order chi connectivity index (χ0) is 15.2. The van der Waals surface area contributed by atoms with Gasteiger partial charge in [0, 0.05) is 5.02 Å². The molecule has 0 aliphatic carbocycles. The average Bonchev–Trinajstić information content (AvgIpc) is 2.50. The normalized spacial score (nSPS) is 10.5. The molecule has 0 aliphatic rings. The maximum atomic E-state index is 6.02. The minimum atomic E-state index is 0.480. The minimum Gasteiger partial charge on any atom is -0.497 e. The van der Waals surface area contributed by atoms with Gasteiger partial charge in [0.05, 0.1) is 7.11 Å². The van der Waals surface area contributed by atoms with E-state index >= 15 is 0 Å². The fourth-order valence-electron chi connectivity index (χ4n) is 2.13. The highest BCUT2D eigenvalue weighted by Crippen LogP contribution is 2.24. The molecule has 4 heteroatoms. The quantitative estimate of drug-likeness (QED) is 0.884. The fraction of sp³-hybridized carbons (Fsp3) is 0.294. The van der Waals surface area contributed by atoms with Gasteiger partial charge in [-0.25, -0.2) is 0 Å². The Bertz CT molecular complexity index is 614. The van der Waals surface area contributed by atoms with Crippen molar-refractivity contribution in [3.8, 4) is 11.5 Å². The Morgan fingerprint density at radius 3 is 2.48 bits per heavy atom. The van der Waals surface area contributed by atoms with E-state index in [0.717, 1.165) is 34.1 Å². The summed E-state index contributed by atoms with van der Waals surface area (Å²) in [6.45, 7) is 3.05. The second-order valence-corrected chi connectivity index (χ2v) is 5.28. The molecule has 2 aromatic rings. The number of nitrogens with two attached hydrogens (primary N) is 1. The van der Waals surface area contributed by atoms with Gasteiger partial charge in [0.25, 0.3) is 0 Å². The average molecular weight is 306 g/mol. The number of hydrogen-bond acceptors (Lipinski definition) is 3. The number of halogens is 1. The lowest BCUT2D eigenvalue weighted by Crippen LogP contribution is -2.07. The summed E-state index contributed by atoms with van der Waals surface area (Å²) < 4.78 is 11.1. The summed E-state index contributed by atoms with van der Waals surface area (Å²) in [4.78, 5) is 0. The molecule has 21 heavy (non-hydrogen) atoms. The Labute approximate surface area is 130 Å². The van der Waals surface area contributed by atoms with E-state index in [9.17, 15) is 0 Å². The van der Waals surface area contributed by atoms with Gasteiger partial charge in [0.1, 0.15) is 18.1 Å². The molecule has 2 aromatic carbocycles. The largest absolute Gasteiger partial charge is 0.497 e. The van der Waals surface area contributed by atoms with Crippen LogP contribution in [-0.4, -0.2) is 13.7 Å². The van der Waals surface area contributed by atoms with Crippen LogP contribution in [-0.2, 0) is 13.0 Å². The highest BCUT2D eigenvalue weighted by Gasteiger charge is 2.06. The smallest absolute Gasteiger partial charge is 0.120 e. The van der Waals surface area contributed by atoms with Crippen molar-refractivity contribution in [3.05, 3.63) is 58.1 Å². The number of rotatable bonds is 6. The zero-order valence-corrected chi connectivity index (χ0v) is 13.1. The van der Waals surface area contributed by atoms with E-state index in [-0.39, 0.29) is 0 Å². The molecule has 0 aromatic heterocycles. The third kappa shape index (κ3) is 4.13. The van der Waals surface area contributed by atoms with Gasteiger partial charge < -0.3 is 15.2 Å². The summed E-state index contributed by atoms with van der Waals surface area (Å²) in [7, 11) is 1.66. The van der Waals surface area contributed by atoms with Crippen molar-refractivity contribution in [2.45, 2.75) is 20.0 Å². The van der Waals surface area contributed by atoms with Crippen LogP contribution in [0.3, 0.4) is 0 Å². The number of aryl methyl sites for hydroxylation is 1. The molecule has 3 nitrogen and oxygen atoms in total. The molecule has 0 spiro atoms. The first kappa shape index (κ1) is 15.7. The van der Waals surface area contributed by atoms with E-state index in [1.165, 1.54) is 5.56 Å². The van der Waals surface area contributed by atoms with Gasteiger partial charge in [-0.3, -0.25) is 0 Å². The van der Waals surface area contributed by atoms with Gasteiger partial charge >= 0.3 is 0 Å². The standard InChI is InChI=1S/C17H20ClNO2/c1-12-9-16(5-6-17(12)18)21-11-14-10-15(20-2)4-3-13(14)7-8-19/h3-6,9-10H,7-8,11,19H2,1-2H3. The molecule has 2 N–H and O–H groups in total. The van der Waals surface area contributed by atoms with E-state index in [1.807, 2.05) is 43.3 Å². The third-order valence-electron chi connectivity index (χ3n) is 3.35. The van der Waals surface area contributed by atoms with Crippen LogP contribution in [0.25, 0.3) is 0 Å². The van der Waals surface area contributed by atoms with Crippen LogP contribution >= 0.6 is 11.6 Å². The van der Waals surface area contributed by atoms with Crippen molar-refractivity contribution in [2.75, 3.05) is 13.7 Å². The van der Waals surface area contributed by atoms with Crippen molar-refractivity contribution in [2.24, 2.45) is 5.73 Å². The number of methoxy groups -OCH3 is 1. The molecule has 0 radical (unpaired) electrons. The lowest BCUT2D eigenvalue weighted by molar-refractivity contribution is 0.303. The van der Waals surface area contributed by atoms with Gasteiger partial charge in [0.2, 0.25) is 0 Å². The molecular weight excluding hydrogens is 286 g/mol. The topological polar surface area (TPSA) is 44.5 Å². The Balaban J connectivity index is 2.15. The van der Waals surface area contributed by atoms with Crippen molar-refractivity contribution in [1.29, 1.82) is 0 Å². The Kier molecular flexibility index (Phi) is 5.48. The number of ether oxygens (including phenoxy) is 2. The van der Waals surface area contributed by atoms with E-state index < -0.39 is 0 Å². The van der Waals surface area contributed by atoms with Crippen LogP contribution in [0.1, 0.15) is 16.7 Å². The lowest BCUT2D eigenvalue weighted by Gasteiger charge is -2.13. The summed E-state index contributed by atoms with van der Waals surface area (Å²) in [5, 5.41) is 0.743. The highest BCUT2D eigenvalue weighted by molar-refractivity contribution is 6.31. The predicted octanol–water partition coefficient (Wildman–Crippen LogP) is 3.74. The highest BCUT2D eigenvalue weighted by atomic mass is 35.5. The van der Waals surface area contributed by atoms with Crippen LogP contribution in [0.4, 0.5) is 0 Å². The van der Waals surface area contributed by atoms with Gasteiger partial charge in [-0.05, 0) is 66.9 Å². The van der Waals surface area contributed by atoms with Crippen molar-refractivity contribution >= 4 is 11.6 Å². The first-order valence-corrected chi connectivity index (χ1v) is 7.26. The molecule has 0 atom stereocenters. The second-order valence-electron chi connectivity index (χ2n) is 4.87. The van der Waals surface area contributed by atoms with Gasteiger partial charge in [0.15, 0.2) is 0 Å². The Morgan fingerprint density at radius 1 is 1.05 bits per heavy atom. The van der Waals surface area contributed by atoms with E-state index in [0.29, 0.717) is 13.2 Å². The molecule has 0 amide bonds. The summed E-state index contributed by atoms with van der Waals surface area (Å²) in [5.74, 6) is 1.63. The summed E-state index contributed by atoms with van der Waals surface area (Å²) in [6.07, 6.45) is 0.822. The maximum Gasteiger partial charge on any atom is 0.120 e. The zero-order valence-electron chi connectivity index (χ0n) is 12.4. The second kappa shape index (κ2) is 7.34. The molecule has 0 unspecified atom stereocenters. The van der Waals surface area contributed by atoms with Crippen LogP contribution in [0.15, 0.2) is 36.4 Å². The van der Waals surface area contributed by atoms with Crippen molar-refractivity contribution in [3.63, 3.8) is 0 Å². The molecule has 0 saturated heterocycles. The van der Waals surface area contributed by atoms with E-state index in [2.05, 4.69) is 0 Å². The molecule has 0 saturated carbocycles. The van der Waals surface area contributed by atoms with Gasteiger partial charge in [-0.2, -0.15) is 0 Å². The van der Waals surface area contributed by atoms with Crippen LogP contribution in [0, 0.1) is 6.92 Å². The SMILES string of the molecule is COc1ccc(CCN)c(COc2ccc(Cl)c(C)c2)c1. The predicted molar refractivity (Wildman–Crippen MR) is 86.3 cm³/mol. The Hall–Kier alpha value is -1.71. The van der Waals surface area contributed by atoms with E-state index in [4.69, 9.17) is 26.8 Å². The van der Waals surface area contributed by atoms with E-state index in [1.54, 1.807) is 7.11 Å². The minimum absolute atomic E-state index is 0.480. The first-order valence-electron chi connectivity index (χ1n) is 6.89. The number of benzene rings is 2. The fourth-order valence-corrected chi connectivity index (χ4v) is 2.25. The van der Waals surface area contributed by atoms with Crippen LogP contribution < -0.4 is 15.2 Å². The monoisotopic (exact) mass is 305 g/mol. The van der Waals surface area contributed by atoms with Crippen molar-refractivity contribution in [1.82, 2.24) is 0 Å². The lowest BCUT2D eigenvalue weighted by atomic mass is 10.0. The van der Waals surface area contributed by atoms with Crippen LogP contribution in [0.5, 0.6) is 11.5 Å². The summed E-state index contributed by atoms with van der Waals surface area (Å²) in [5.41, 5.74) is 8.93. The molecule has 0 heterocycles.